The highest BCUT2D eigenvalue weighted by Crippen LogP contribution is 2.23. The first-order valence-electron chi connectivity index (χ1n) is 9.14. The molecule has 5 heteroatoms. The number of fused-ring (bicyclic) bond motifs is 1. The van der Waals surface area contributed by atoms with Crippen molar-refractivity contribution in [3.63, 3.8) is 0 Å². The first kappa shape index (κ1) is 19.1. The van der Waals surface area contributed by atoms with E-state index >= 15 is 0 Å². The fraction of sp³-hybridized carbons (Fsp3) is 0.318. The largest absolute Gasteiger partial charge is 0.354 e. The molecule has 27 heavy (non-hydrogen) atoms. The maximum absolute atomic E-state index is 12.2. The molecule has 2 aromatic carbocycles. The zero-order chi connectivity index (χ0) is 19.1. The second-order valence-electron chi connectivity index (χ2n) is 6.49. The average molecular weight is 366 g/mol. The number of nitrogens with one attached hydrogen (secondary N) is 1. The lowest BCUT2D eigenvalue weighted by atomic mass is 10.1. The summed E-state index contributed by atoms with van der Waals surface area (Å²) in [5, 5.41) is 4.06. The molecule has 0 unspecified atom stereocenters. The number of rotatable bonds is 9. The lowest BCUT2D eigenvalue weighted by Gasteiger charge is -2.13. The van der Waals surface area contributed by atoms with E-state index in [1.807, 2.05) is 12.1 Å². The van der Waals surface area contributed by atoms with Crippen LogP contribution in [0.4, 0.5) is 0 Å². The summed E-state index contributed by atoms with van der Waals surface area (Å²) >= 11 is 0. The number of methoxy groups -OCH3 is 2. The van der Waals surface area contributed by atoms with Crippen LogP contribution in [-0.4, -0.2) is 37.5 Å². The van der Waals surface area contributed by atoms with E-state index in [-0.39, 0.29) is 5.91 Å². The van der Waals surface area contributed by atoms with Crippen molar-refractivity contribution in [3.05, 3.63) is 71.9 Å². The van der Waals surface area contributed by atoms with Crippen LogP contribution in [0, 0.1) is 0 Å². The molecular formula is C22H26N2O3. The van der Waals surface area contributed by atoms with Crippen molar-refractivity contribution >= 4 is 16.8 Å². The fourth-order valence-electron chi connectivity index (χ4n) is 3.23. The Morgan fingerprint density at radius 1 is 1.04 bits per heavy atom. The highest BCUT2D eigenvalue weighted by atomic mass is 16.7. The molecule has 0 fully saturated rings. The van der Waals surface area contributed by atoms with Crippen molar-refractivity contribution in [1.82, 2.24) is 9.88 Å². The van der Waals surface area contributed by atoms with Crippen molar-refractivity contribution < 1.29 is 14.3 Å². The van der Waals surface area contributed by atoms with Gasteiger partial charge in [0.2, 0.25) is 5.91 Å². The smallest absolute Gasteiger partial charge is 0.220 e. The molecule has 0 saturated carbocycles. The number of amides is 1. The predicted molar refractivity (Wildman–Crippen MR) is 107 cm³/mol. The number of carbonyl (C=O) groups is 1. The van der Waals surface area contributed by atoms with E-state index < -0.39 is 6.29 Å². The van der Waals surface area contributed by atoms with Gasteiger partial charge in [-0.2, -0.15) is 0 Å². The summed E-state index contributed by atoms with van der Waals surface area (Å²) < 4.78 is 12.4. The number of hydrogen-bond acceptors (Lipinski definition) is 3. The number of aromatic nitrogens is 1. The van der Waals surface area contributed by atoms with Gasteiger partial charge in [0, 0.05) is 44.3 Å². The lowest BCUT2D eigenvalue weighted by Crippen LogP contribution is -2.34. The van der Waals surface area contributed by atoms with Crippen LogP contribution in [0.2, 0.25) is 0 Å². The highest BCUT2D eigenvalue weighted by molar-refractivity contribution is 5.85. The number of carbonyl (C=O) groups excluding carboxylic acids is 1. The van der Waals surface area contributed by atoms with Gasteiger partial charge in [0.25, 0.3) is 0 Å². The summed E-state index contributed by atoms with van der Waals surface area (Å²) in [5.74, 6) is -0.00556. The van der Waals surface area contributed by atoms with E-state index in [0.717, 1.165) is 6.54 Å². The molecular weight excluding hydrogens is 340 g/mol. The normalized spacial score (nSPS) is 11.2. The molecule has 0 aliphatic rings. The lowest BCUT2D eigenvalue weighted by molar-refractivity contribution is -0.127. The summed E-state index contributed by atoms with van der Waals surface area (Å²) in [6.45, 7) is 1.17. The second kappa shape index (κ2) is 9.35. The second-order valence-corrected chi connectivity index (χ2v) is 6.49. The van der Waals surface area contributed by atoms with Gasteiger partial charge in [0.15, 0.2) is 6.29 Å². The summed E-state index contributed by atoms with van der Waals surface area (Å²) in [4.78, 5) is 12.2. The monoisotopic (exact) mass is 366 g/mol. The van der Waals surface area contributed by atoms with Crippen molar-refractivity contribution in [3.8, 4) is 0 Å². The van der Waals surface area contributed by atoms with Gasteiger partial charge in [-0.05, 0) is 23.6 Å². The number of aryl methyl sites for hydroxylation is 1. The standard InChI is InChI=1S/C22H26N2O3/c1-26-22(27-2)14-23-21(25)13-12-18-16-24(15-17-8-4-3-5-9-17)20-11-7-6-10-19(18)20/h3-11,16,22H,12-15H2,1-2H3,(H,23,25). The number of hydrogen-bond donors (Lipinski definition) is 1. The molecule has 1 heterocycles. The maximum Gasteiger partial charge on any atom is 0.220 e. The van der Waals surface area contributed by atoms with Gasteiger partial charge in [0.05, 0.1) is 6.54 Å². The van der Waals surface area contributed by atoms with Gasteiger partial charge in [0.1, 0.15) is 0 Å². The molecule has 3 rings (SSSR count). The molecule has 0 aliphatic carbocycles. The van der Waals surface area contributed by atoms with Gasteiger partial charge in [-0.15, -0.1) is 0 Å². The van der Waals surface area contributed by atoms with Crippen LogP contribution in [0.25, 0.3) is 10.9 Å². The first-order chi connectivity index (χ1) is 13.2. The quantitative estimate of drug-likeness (QED) is 0.591. The van der Waals surface area contributed by atoms with Crippen LogP contribution in [0.5, 0.6) is 0 Å². The summed E-state index contributed by atoms with van der Waals surface area (Å²) in [7, 11) is 3.11. The molecule has 1 amide bonds. The Bertz CT molecular complexity index is 870. The molecule has 1 aromatic heterocycles. The van der Waals surface area contributed by atoms with Crippen LogP contribution >= 0.6 is 0 Å². The van der Waals surface area contributed by atoms with Crippen LogP contribution < -0.4 is 5.32 Å². The molecule has 0 atom stereocenters. The third-order valence-electron chi connectivity index (χ3n) is 4.68. The van der Waals surface area contributed by atoms with E-state index in [1.54, 1.807) is 14.2 Å². The number of nitrogens with zero attached hydrogens (tertiary/aromatic N) is 1. The zero-order valence-corrected chi connectivity index (χ0v) is 15.9. The zero-order valence-electron chi connectivity index (χ0n) is 15.9. The molecule has 0 aliphatic heterocycles. The van der Waals surface area contributed by atoms with Gasteiger partial charge in [-0.1, -0.05) is 48.5 Å². The molecule has 0 saturated heterocycles. The predicted octanol–water partition coefficient (Wildman–Crippen LogP) is 3.36. The van der Waals surface area contributed by atoms with Gasteiger partial charge in [-0.25, -0.2) is 0 Å². The molecule has 0 radical (unpaired) electrons. The molecule has 142 valence electrons. The summed E-state index contributed by atoms with van der Waals surface area (Å²) in [6.07, 6.45) is 2.87. The van der Waals surface area contributed by atoms with E-state index in [1.165, 1.54) is 22.0 Å². The highest BCUT2D eigenvalue weighted by Gasteiger charge is 2.12. The molecule has 5 nitrogen and oxygen atoms in total. The Kier molecular flexibility index (Phi) is 6.63. The Balaban J connectivity index is 1.69. The van der Waals surface area contributed by atoms with Crippen molar-refractivity contribution in [1.29, 1.82) is 0 Å². The van der Waals surface area contributed by atoms with Crippen LogP contribution in [0.3, 0.4) is 0 Å². The van der Waals surface area contributed by atoms with Crippen molar-refractivity contribution in [2.75, 3.05) is 20.8 Å². The Morgan fingerprint density at radius 2 is 1.74 bits per heavy atom. The fourth-order valence-corrected chi connectivity index (χ4v) is 3.23. The molecule has 1 N–H and O–H groups in total. The van der Waals surface area contributed by atoms with Gasteiger partial charge >= 0.3 is 0 Å². The number of ether oxygens (including phenoxy) is 2. The number of benzene rings is 2. The molecule has 0 bridgehead atoms. The Morgan fingerprint density at radius 3 is 2.48 bits per heavy atom. The third kappa shape index (κ3) is 4.96. The molecule has 3 aromatic rings. The van der Waals surface area contributed by atoms with Crippen molar-refractivity contribution in [2.45, 2.75) is 25.7 Å². The Hall–Kier alpha value is -2.63. The topological polar surface area (TPSA) is 52.5 Å². The van der Waals surface area contributed by atoms with Gasteiger partial charge in [-0.3, -0.25) is 4.79 Å². The minimum Gasteiger partial charge on any atom is -0.354 e. The van der Waals surface area contributed by atoms with E-state index in [2.05, 4.69) is 58.5 Å². The SMILES string of the molecule is COC(CNC(=O)CCc1cn(Cc2ccccc2)c2ccccc12)OC. The minimum atomic E-state index is -0.415. The van der Waals surface area contributed by atoms with Crippen molar-refractivity contribution in [2.24, 2.45) is 0 Å². The van der Waals surface area contributed by atoms with Crippen LogP contribution in [-0.2, 0) is 27.2 Å². The number of para-hydroxylation sites is 1. The average Bonchev–Trinajstić information content (AvgIpc) is 3.06. The van der Waals surface area contributed by atoms with Crippen LogP contribution in [0.1, 0.15) is 17.5 Å². The summed E-state index contributed by atoms with van der Waals surface area (Å²) in [5.41, 5.74) is 3.63. The van der Waals surface area contributed by atoms with E-state index in [4.69, 9.17) is 9.47 Å². The summed E-state index contributed by atoms with van der Waals surface area (Å²) in [6, 6.07) is 18.7. The first-order valence-corrected chi connectivity index (χ1v) is 9.14. The third-order valence-corrected chi connectivity index (χ3v) is 4.68. The van der Waals surface area contributed by atoms with E-state index in [0.29, 0.717) is 19.4 Å². The maximum atomic E-state index is 12.2. The molecule has 0 spiro atoms. The van der Waals surface area contributed by atoms with Crippen LogP contribution in [0.15, 0.2) is 60.8 Å². The Labute approximate surface area is 159 Å². The van der Waals surface area contributed by atoms with Gasteiger partial charge < -0.3 is 19.4 Å². The van der Waals surface area contributed by atoms with E-state index in [9.17, 15) is 4.79 Å². The minimum absolute atomic E-state index is 0.00556.